The fourth-order valence-corrected chi connectivity index (χ4v) is 1.30. The standard InChI is InChI=1S/C12H22N2O5/c1-12(18,10(15)16)8-13-11(17)14(2)5-6-19-7-9-3-4-9/h9,18H,3-8H2,1-2H3,(H,13,17)(H,15,16). The lowest BCUT2D eigenvalue weighted by Crippen LogP contribution is -2.49. The minimum atomic E-state index is -1.96. The van der Waals surface area contributed by atoms with Crippen molar-refractivity contribution in [2.24, 2.45) is 5.92 Å². The fraction of sp³-hybridized carbons (Fsp3) is 0.833. The summed E-state index contributed by atoms with van der Waals surface area (Å²) >= 11 is 0. The molecule has 1 fully saturated rings. The van der Waals surface area contributed by atoms with Gasteiger partial charge < -0.3 is 25.2 Å². The number of nitrogens with zero attached hydrogens (tertiary/aromatic N) is 1. The molecule has 0 heterocycles. The largest absolute Gasteiger partial charge is 0.479 e. The van der Waals surface area contributed by atoms with Crippen molar-refractivity contribution in [1.29, 1.82) is 0 Å². The number of ether oxygens (including phenoxy) is 1. The smallest absolute Gasteiger partial charge is 0.337 e. The summed E-state index contributed by atoms with van der Waals surface area (Å²) in [6.45, 7) is 2.41. The van der Waals surface area contributed by atoms with E-state index in [9.17, 15) is 14.7 Å². The Morgan fingerprint density at radius 1 is 1.47 bits per heavy atom. The van der Waals surface area contributed by atoms with Crippen LogP contribution < -0.4 is 5.32 Å². The van der Waals surface area contributed by atoms with Gasteiger partial charge >= 0.3 is 12.0 Å². The number of carbonyl (C=O) groups is 2. The van der Waals surface area contributed by atoms with Crippen LogP contribution in [0.25, 0.3) is 0 Å². The number of aliphatic hydroxyl groups is 1. The van der Waals surface area contributed by atoms with Crippen molar-refractivity contribution >= 4 is 12.0 Å². The summed E-state index contributed by atoms with van der Waals surface area (Å²) in [6, 6.07) is -0.434. The van der Waals surface area contributed by atoms with Crippen LogP contribution in [0.15, 0.2) is 0 Å². The third kappa shape index (κ3) is 5.89. The van der Waals surface area contributed by atoms with Gasteiger partial charge in [0, 0.05) is 20.2 Å². The predicted molar refractivity (Wildman–Crippen MR) is 67.8 cm³/mol. The van der Waals surface area contributed by atoms with Crippen LogP contribution in [0, 0.1) is 5.92 Å². The molecule has 1 rings (SSSR count). The van der Waals surface area contributed by atoms with Gasteiger partial charge in [-0.3, -0.25) is 0 Å². The molecule has 1 aliphatic rings. The number of carbonyl (C=O) groups excluding carboxylic acids is 1. The van der Waals surface area contributed by atoms with Gasteiger partial charge in [-0.2, -0.15) is 0 Å². The van der Waals surface area contributed by atoms with Gasteiger partial charge in [-0.25, -0.2) is 9.59 Å². The lowest BCUT2D eigenvalue weighted by molar-refractivity contribution is -0.155. The van der Waals surface area contributed by atoms with Crippen molar-refractivity contribution < 1.29 is 24.5 Å². The zero-order valence-corrected chi connectivity index (χ0v) is 11.4. The molecular weight excluding hydrogens is 252 g/mol. The minimum Gasteiger partial charge on any atom is -0.479 e. The first-order valence-electron chi connectivity index (χ1n) is 6.35. The second-order valence-corrected chi connectivity index (χ2v) is 5.18. The number of hydrogen-bond donors (Lipinski definition) is 3. The third-order valence-electron chi connectivity index (χ3n) is 3.01. The molecule has 1 unspecified atom stereocenters. The highest BCUT2D eigenvalue weighted by Crippen LogP contribution is 2.28. The summed E-state index contributed by atoms with van der Waals surface area (Å²) in [5.74, 6) is -0.687. The Morgan fingerprint density at radius 3 is 2.63 bits per heavy atom. The van der Waals surface area contributed by atoms with E-state index in [4.69, 9.17) is 9.84 Å². The molecule has 7 heteroatoms. The van der Waals surface area contributed by atoms with Crippen LogP contribution in [0.3, 0.4) is 0 Å². The van der Waals surface area contributed by atoms with Crippen LogP contribution in [0.1, 0.15) is 19.8 Å². The number of carboxylic acids is 1. The van der Waals surface area contributed by atoms with E-state index in [0.717, 1.165) is 13.5 Å². The van der Waals surface area contributed by atoms with Gasteiger partial charge in [0.25, 0.3) is 0 Å². The van der Waals surface area contributed by atoms with E-state index in [1.807, 2.05) is 0 Å². The number of hydrogen-bond acceptors (Lipinski definition) is 4. The average Bonchev–Trinajstić information content (AvgIpc) is 3.15. The van der Waals surface area contributed by atoms with E-state index in [1.54, 1.807) is 7.05 Å². The molecule has 0 radical (unpaired) electrons. The van der Waals surface area contributed by atoms with Crippen LogP contribution >= 0.6 is 0 Å². The molecule has 0 bridgehead atoms. The van der Waals surface area contributed by atoms with Gasteiger partial charge in [0.1, 0.15) is 0 Å². The molecule has 1 saturated carbocycles. The predicted octanol–water partition coefficient (Wildman–Crippen LogP) is -0.110. The van der Waals surface area contributed by atoms with Crippen molar-refractivity contribution in [2.45, 2.75) is 25.4 Å². The number of amides is 2. The van der Waals surface area contributed by atoms with E-state index < -0.39 is 17.6 Å². The maximum atomic E-state index is 11.6. The van der Waals surface area contributed by atoms with E-state index in [0.29, 0.717) is 19.1 Å². The summed E-state index contributed by atoms with van der Waals surface area (Å²) in [5.41, 5.74) is -1.96. The van der Waals surface area contributed by atoms with Gasteiger partial charge in [-0.15, -0.1) is 0 Å². The molecule has 1 aliphatic carbocycles. The number of aliphatic carboxylic acids is 1. The Kier molecular flexibility index (Phi) is 5.56. The zero-order chi connectivity index (χ0) is 14.5. The van der Waals surface area contributed by atoms with Crippen LogP contribution in [0.4, 0.5) is 4.79 Å². The first-order valence-corrected chi connectivity index (χ1v) is 6.35. The second-order valence-electron chi connectivity index (χ2n) is 5.18. The number of likely N-dealkylation sites (N-methyl/N-ethyl adjacent to an activating group) is 1. The number of urea groups is 1. The van der Waals surface area contributed by atoms with Gasteiger partial charge in [0.2, 0.25) is 0 Å². The van der Waals surface area contributed by atoms with E-state index in [-0.39, 0.29) is 6.54 Å². The summed E-state index contributed by atoms with van der Waals surface area (Å²) < 4.78 is 5.40. The Balaban J connectivity index is 2.14. The highest BCUT2D eigenvalue weighted by molar-refractivity contribution is 5.79. The Hall–Kier alpha value is -1.34. The summed E-state index contributed by atoms with van der Waals surface area (Å²) in [5, 5.41) is 20.5. The number of carboxylic acid groups (broad SMARTS) is 1. The van der Waals surface area contributed by atoms with E-state index in [1.165, 1.54) is 17.7 Å². The summed E-state index contributed by atoms with van der Waals surface area (Å²) in [4.78, 5) is 23.7. The first kappa shape index (κ1) is 15.7. The molecule has 0 aromatic heterocycles. The maximum Gasteiger partial charge on any atom is 0.337 e. The Labute approximate surface area is 112 Å². The third-order valence-corrected chi connectivity index (χ3v) is 3.01. The molecule has 7 nitrogen and oxygen atoms in total. The van der Waals surface area contributed by atoms with Crippen molar-refractivity contribution in [3.63, 3.8) is 0 Å². The molecule has 1 atom stereocenters. The summed E-state index contributed by atoms with van der Waals surface area (Å²) in [7, 11) is 1.59. The molecular formula is C12H22N2O5. The van der Waals surface area contributed by atoms with Crippen LogP contribution in [0.5, 0.6) is 0 Å². The Morgan fingerprint density at radius 2 is 2.11 bits per heavy atom. The van der Waals surface area contributed by atoms with Crippen molar-refractivity contribution in [2.75, 3.05) is 33.4 Å². The monoisotopic (exact) mass is 274 g/mol. The van der Waals surface area contributed by atoms with Crippen LogP contribution in [0.2, 0.25) is 0 Å². The molecule has 110 valence electrons. The molecule has 2 amide bonds. The second kappa shape index (κ2) is 6.72. The maximum absolute atomic E-state index is 11.6. The topological polar surface area (TPSA) is 99.1 Å². The lowest BCUT2D eigenvalue weighted by atomic mass is 10.1. The number of nitrogens with one attached hydrogen (secondary N) is 1. The van der Waals surface area contributed by atoms with Gasteiger partial charge in [0.15, 0.2) is 5.60 Å². The highest BCUT2D eigenvalue weighted by Gasteiger charge is 2.30. The quantitative estimate of drug-likeness (QED) is 0.536. The van der Waals surface area contributed by atoms with E-state index >= 15 is 0 Å². The van der Waals surface area contributed by atoms with E-state index in [2.05, 4.69) is 5.32 Å². The first-order chi connectivity index (χ1) is 8.83. The van der Waals surface area contributed by atoms with Crippen molar-refractivity contribution in [3.05, 3.63) is 0 Å². The number of rotatable bonds is 8. The zero-order valence-electron chi connectivity index (χ0n) is 11.4. The molecule has 0 aliphatic heterocycles. The van der Waals surface area contributed by atoms with Crippen LogP contribution in [-0.2, 0) is 9.53 Å². The molecule has 3 N–H and O–H groups in total. The molecule has 0 aromatic rings. The van der Waals surface area contributed by atoms with Crippen LogP contribution in [-0.4, -0.2) is 66.1 Å². The van der Waals surface area contributed by atoms with Crippen molar-refractivity contribution in [1.82, 2.24) is 10.2 Å². The lowest BCUT2D eigenvalue weighted by Gasteiger charge is -2.22. The highest BCUT2D eigenvalue weighted by atomic mass is 16.5. The molecule has 0 saturated heterocycles. The molecule has 0 aromatic carbocycles. The molecule has 19 heavy (non-hydrogen) atoms. The SMILES string of the molecule is CN(CCOCC1CC1)C(=O)NCC(C)(O)C(=O)O. The fourth-order valence-electron chi connectivity index (χ4n) is 1.30. The Bertz CT molecular complexity index is 328. The summed E-state index contributed by atoms with van der Waals surface area (Å²) in [6.07, 6.45) is 2.45. The molecule has 0 spiro atoms. The van der Waals surface area contributed by atoms with Gasteiger partial charge in [-0.05, 0) is 25.7 Å². The van der Waals surface area contributed by atoms with Gasteiger partial charge in [-0.1, -0.05) is 0 Å². The van der Waals surface area contributed by atoms with Gasteiger partial charge in [0.05, 0.1) is 13.2 Å². The minimum absolute atomic E-state index is 0.339. The normalized spacial score (nSPS) is 17.6. The van der Waals surface area contributed by atoms with Crippen molar-refractivity contribution in [3.8, 4) is 0 Å². The average molecular weight is 274 g/mol.